The Labute approximate surface area is 554 Å². The first-order valence-corrected chi connectivity index (χ1v) is 37.5. The summed E-state index contributed by atoms with van der Waals surface area (Å²) in [5.41, 5.74) is 0. The molecule has 11 N–H and O–H groups in total. The molecule has 0 radical (unpaired) electrons. The molecule has 93 heavy (non-hydrogen) atoms. The molecule has 546 valence electrons. The van der Waals surface area contributed by atoms with Crippen LogP contribution in [-0.4, -0.2) is 204 Å². The highest BCUT2D eigenvalue weighted by atomic mass is 31.2. The second-order valence-electron chi connectivity index (χ2n) is 26.0. The van der Waals surface area contributed by atoms with E-state index >= 15 is 0 Å². The third kappa shape index (κ3) is 34.9. The van der Waals surface area contributed by atoms with E-state index in [4.69, 9.17) is 42.2 Å². The minimum Gasteiger partial charge on any atom is -0.463 e. The van der Waals surface area contributed by atoms with Crippen LogP contribution >= 0.6 is 7.82 Å². The summed E-state index contributed by atoms with van der Waals surface area (Å²) in [4.78, 5) is 50.8. The average molecular weight is 1360 g/mol. The van der Waals surface area contributed by atoms with Gasteiger partial charge in [0.05, 0.1) is 13.2 Å². The number of aliphatic hydroxyl groups is 10. The van der Waals surface area contributed by atoms with Gasteiger partial charge in [-0.05, 0) is 44.9 Å². The maximum absolute atomic E-state index is 14.3. The topological polar surface area (TPSA) is 374 Å². The molecular formula is C68H125O24P. The highest BCUT2D eigenvalue weighted by molar-refractivity contribution is 7.47. The standard InChI is InChI=1S/C68H125O24P/c1-4-7-10-13-16-19-22-25-28-31-34-37-40-43-53(71)85-48-51-56(74)58(76)63(81)68(89-51)91-65-61(79)59(77)60(78)64(90-67-62(80)57(75)55(73)50(45-69)88-67)66(65)92-93(82,83)86-47-49(46-84-52(70)42-39-36-33-30-27-24-21-18-15-12-9-6-3)87-54(72)44-41-38-35-32-29-26-23-20-17-14-11-8-5-2/h25,28,49-51,55-69,73-81H,4-24,26-27,29-48H2,1-3H3,(H,82,83)/b28-25-. The second-order valence-corrected chi connectivity index (χ2v) is 27.4. The molecule has 0 aromatic heterocycles. The summed E-state index contributed by atoms with van der Waals surface area (Å²) in [5.74, 6) is -2.00. The van der Waals surface area contributed by atoms with Crippen LogP contribution in [0.5, 0.6) is 0 Å². The largest absolute Gasteiger partial charge is 0.472 e. The molecule has 0 spiro atoms. The molecule has 2 saturated heterocycles. The van der Waals surface area contributed by atoms with Gasteiger partial charge in [0.25, 0.3) is 0 Å². The van der Waals surface area contributed by atoms with Crippen LogP contribution in [0.15, 0.2) is 12.2 Å². The molecule has 24 nitrogen and oxygen atoms in total. The Balaban J connectivity index is 1.76. The molecule has 2 aliphatic heterocycles. The first-order valence-electron chi connectivity index (χ1n) is 36.0. The van der Waals surface area contributed by atoms with E-state index in [9.17, 15) is 74.9 Å². The lowest BCUT2D eigenvalue weighted by Crippen LogP contribution is -2.69. The molecule has 1 saturated carbocycles. The van der Waals surface area contributed by atoms with E-state index in [1.165, 1.54) is 116 Å². The summed E-state index contributed by atoms with van der Waals surface area (Å²) in [5, 5.41) is 110. The molecule has 0 aromatic carbocycles. The van der Waals surface area contributed by atoms with Crippen LogP contribution in [0.2, 0.25) is 0 Å². The fourth-order valence-electron chi connectivity index (χ4n) is 11.9. The van der Waals surface area contributed by atoms with Gasteiger partial charge in [0, 0.05) is 19.3 Å². The SMILES string of the molecule is CCCCCCCC/C=C\CCCCCC(=O)OCC1OC(OC2C(O)C(O)C(O)C(OC3OC(CO)C(O)C(O)C3O)C2OP(=O)(O)OCC(COC(=O)CCCCCCCCCCCCCC)OC(=O)CCCCCCCCCCCCCCC)C(O)C(O)C1O. The van der Waals surface area contributed by atoms with Gasteiger partial charge in [0.1, 0.15) is 98.7 Å². The van der Waals surface area contributed by atoms with E-state index in [1.54, 1.807) is 0 Å². The van der Waals surface area contributed by atoms with E-state index in [0.717, 1.165) is 96.3 Å². The Morgan fingerprint density at radius 2 is 0.753 bits per heavy atom. The van der Waals surface area contributed by atoms with Gasteiger partial charge in [-0.1, -0.05) is 219 Å². The van der Waals surface area contributed by atoms with Crippen molar-refractivity contribution >= 4 is 25.7 Å². The van der Waals surface area contributed by atoms with E-state index in [2.05, 4.69) is 32.9 Å². The Morgan fingerprint density at radius 1 is 0.409 bits per heavy atom. The molecule has 3 aliphatic rings. The van der Waals surface area contributed by atoms with Crippen molar-refractivity contribution < 1.29 is 117 Å². The van der Waals surface area contributed by atoms with Crippen molar-refractivity contribution in [3.05, 3.63) is 12.2 Å². The number of esters is 3. The zero-order valence-corrected chi connectivity index (χ0v) is 57.4. The van der Waals surface area contributed by atoms with Gasteiger partial charge < -0.3 is 89.1 Å². The van der Waals surface area contributed by atoms with Crippen LogP contribution in [-0.2, 0) is 61.2 Å². The van der Waals surface area contributed by atoms with E-state index in [-0.39, 0.29) is 19.3 Å². The smallest absolute Gasteiger partial charge is 0.463 e. The number of unbranched alkanes of at least 4 members (excludes halogenated alkanes) is 32. The molecule has 0 aromatic rings. The predicted molar refractivity (Wildman–Crippen MR) is 347 cm³/mol. The summed E-state index contributed by atoms with van der Waals surface area (Å²) in [7, 11) is -5.69. The highest BCUT2D eigenvalue weighted by Gasteiger charge is 2.58. The third-order valence-corrected chi connectivity index (χ3v) is 18.8. The van der Waals surface area contributed by atoms with Crippen molar-refractivity contribution in [2.75, 3.05) is 26.4 Å². The number of aliphatic hydroxyl groups excluding tert-OH is 10. The third-order valence-electron chi connectivity index (χ3n) is 17.8. The lowest BCUT2D eigenvalue weighted by Gasteiger charge is -2.49. The average Bonchev–Trinajstić information content (AvgIpc) is 0.780. The first kappa shape index (κ1) is 84.9. The number of phosphoric ester groups is 1. The van der Waals surface area contributed by atoms with Crippen LogP contribution in [0.4, 0.5) is 0 Å². The van der Waals surface area contributed by atoms with Crippen molar-refractivity contribution in [2.45, 2.75) is 375 Å². The summed E-state index contributed by atoms with van der Waals surface area (Å²) in [6, 6.07) is 0. The van der Waals surface area contributed by atoms with Crippen molar-refractivity contribution in [3.63, 3.8) is 0 Å². The van der Waals surface area contributed by atoms with Gasteiger partial charge in [-0.2, -0.15) is 0 Å². The second kappa shape index (κ2) is 50.9. The lowest BCUT2D eigenvalue weighted by atomic mass is 9.84. The molecule has 0 bridgehead atoms. The van der Waals surface area contributed by atoms with Crippen LogP contribution in [0.1, 0.15) is 271 Å². The predicted octanol–water partition coefficient (Wildman–Crippen LogP) is 8.79. The zero-order chi connectivity index (χ0) is 68.2. The Morgan fingerprint density at radius 3 is 1.17 bits per heavy atom. The normalized spacial score (nSPS) is 28.5. The van der Waals surface area contributed by atoms with Crippen molar-refractivity contribution in [1.29, 1.82) is 0 Å². The van der Waals surface area contributed by atoms with Crippen molar-refractivity contribution in [3.8, 4) is 0 Å². The molecule has 2 heterocycles. The molecule has 3 fully saturated rings. The van der Waals surface area contributed by atoms with Crippen LogP contribution in [0.3, 0.4) is 0 Å². The van der Waals surface area contributed by atoms with Gasteiger partial charge >= 0.3 is 25.7 Å². The number of carbonyl (C=O) groups excluding carboxylic acids is 3. The molecule has 0 amide bonds. The molecule has 3 rings (SSSR count). The van der Waals surface area contributed by atoms with Crippen LogP contribution in [0, 0.1) is 0 Å². The molecule has 18 unspecified atom stereocenters. The maximum atomic E-state index is 14.3. The van der Waals surface area contributed by atoms with Crippen molar-refractivity contribution in [1.82, 2.24) is 0 Å². The monoisotopic (exact) mass is 1360 g/mol. The van der Waals surface area contributed by atoms with E-state index in [1.807, 2.05) is 0 Å². The Bertz CT molecular complexity index is 1990. The zero-order valence-electron chi connectivity index (χ0n) is 56.5. The number of allylic oxidation sites excluding steroid dienone is 2. The van der Waals surface area contributed by atoms with Crippen molar-refractivity contribution in [2.24, 2.45) is 0 Å². The minimum atomic E-state index is -5.69. The summed E-state index contributed by atoms with van der Waals surface area (Å²) >= 11 is 0. The van der Waals surface area contributed by atoms with Gasteiger partial charge in [-0.25, -0.2) is 4.57 Å². The number of carbonyl (C=O) groups is 3. The lowest BCUT2D eigenvalue weighted by molar-refractivity contribution is -0.360. The number of phosphoric acid groups is 1. The minimum absolute atomic E-state index is 0.00929. The van der Waals surface area contributed by atoms with Gasteiger partial charge in [0.15, 0.2) is 18.7 Å². The maximum Gasteiger partial charge on any atom is 0.472 e. The van der Waals surface area contributed by atoms with Gasteiger partial charge in [0.2, 0.25) is 0 Å². The van der Waals surface area contributed by atoms with E-state index in [0.29, 0.717) is 19.3 Å². The summed E-state index contributed by atoms with van der Waals surface area (Å²) in [6.07, 6.45) is 7.35. The fraction of sp³-hybridized carbons (Fsp3) is 0.926. The fourth-order valence-corrected chi connectivity index (χ4v) is 12.8. The number of hydrogen-bond donors (Lipinski definition) is 11. The summed E-state index contributed by atoms with van der Waals surface area (Å²) < 4.78 is 64.8. The number of ether oxygens (including phenoxy) is 7. The van der Waals surface area contributed by atoms with Gasteiger partial charge in [-0.15, -0.1) is 0 Å². The molecule has 18 atom stereocenters. The van der Waals surface area contributed by atoms with E-state index < -0.39 is 156 Å². The number of hydrogen-bond acceptors (Lipinski definition) is 23. The van der Waals surface area contributed by atoms with Gasteiger partial charge in [-0.3, -0.25) is 23.4 Å². The summed E-state index contributed by atoms with van der Waals surface area (Å²) in [6.45, 7) is 3.40. The van der Waals surface area contributed by atoms with Crippen LogP contribution in [0.25, 0.3) is 0 Å². The van der Waals surface area contributed by atoms with Crippen LogP contribution < -0.4 is 0 Å². The highest BCUT2D eigenvalue weighted by Crippen LogP contribution is 2.49. The quantitative estimate of drug-likeness (QED) is 0.00890. The first-order chi connectivity index (χ1) is 44.8. The Kier molecular flexibility index (Phi) is 46.5. The molecule has 25 heteroatoms. The molecular weight excluding hydrogens is 1230 g/mol. The molecule has 1 aliphatic carbocycles. The number of rotatable bonds is 55. The Hall–Kier alpha value is -2.30.